The van der Waals surface area contributed by atoms with Gasteiger partial charge in [0.2, 0.25) is 5.91 Å². The first-order valence-electron chi connectivity index (χ1n) is 9.36. The van der Waals surface area contributed by atoms with Crippen molar-refractivity contribution < 1.29 is 14.3 Å². The number of likely N-dealkylation sites (tertiary alicyclic amines) is 1. The van der Waals surface area contributed by atoms with Gasteiger partial charge in [-0.25, -0.2) is 0 Å². The van der Waals surface area contributed by atoms with E-state index in [-0.39, 0.29) is 12.5 Å². The predicted molar refractivity (Wildman–Crippen MR) is 98.7 cm³/mol. The van der Waals surface area contributed by atoms with E-state index in [0.29, 0.717) is 17.4 Å². The maximum absolute atomic E-state index is 12.8. The zero-order valence-electron chi connectivity index (χ0n) is 14.9. The summed E-state index contributed by atoms with van der Waals surface area (Å²) in [5.74, 6) is 0.908. The molecule has 0 bridgehead atoms. The first-order valence-corrected chi connectivity index (χ1v) is 9.36. The number of carbonyl (C=O) groups is 2. The van der Waals surface area contributed by atoms with Gasteiger partial charge in [0, 0.05) is 43.4 Å². The molecule has 1 aromatic carbocycles. The number of aromatic nitrogens is 1. The monoisotopic (exact) mass is 355 g/mol. The van der Waals surface area contributed by atoms with Gasteiger partial charge in [-0.2, -0.15) is 0 Å². The fourth-order valence-corrected chi connectivity index (χ4v) is 4.41. The maximum atomic E-state index is 12.8. The summed E-state index contributed by atoms with van der Waals surface area (Å²) in [5, 5.41) is 0.800. The summed E-state index contributed by atoms with van der Waals surface area (Å²) in [5.41, 5.74) is 6.83. The quantitative estimate of drug-likeness (QED) is 0.911. The smallest absolute Gasteiger partial charge is 0.250 e. The van der Waals surface area contributed by atoms with Gasteiger partial charge in [-0.05, 0) is 37.2 Å². The van der Waals surface area contributed by atoms with E-state index in [1.165, 1.54) is 0 Å². The van der Waals surface area contributed by atoms with Gasteiger partial charge in [0.1, 0.15) is 6.54 Å². The van der Waals surface area contributed by atoms with Gasteiger partial charge in [-0.1, -0.05) is 18.2 Å². The Balaban J connectivity index is 1.47. The van der Waals surface area contributed by atoms with Crippen LogP contribution in [0.15, 0.2) is 30.5 Å². The van der Waals surface area contributed by atoms with Crippen LogP contribution in [0, 0.1) is 11.8 Å². The SMILES string of the molecule is NC(=O)c1cn(CC(=O)N2CCC(C3CCOCC3)C2)c2ccccc12. The summed E-state index contributed by atoms with van der Waals surface area (Å²) < 4.78 is 7.30. The topological polar surface area (TPSA) is 77.6 Å². The van der Waals surface area contributed by atoms with Gasteiger partial charge in [0.25, 0.3) is 5.91 Å². The molecule has 2 fully saturated rings. The van der Waals surface area contributed by atoms with Crippen molar-refractivity contribution in [1.82, 2.24) is 9.47 Å². The maximum Gasteiger partial charge on any atom is 0.250 e. The van der Waals surface area contributed by atoms with E-state index in [1.54, 1.807) is 6.20 Å². The third-order valence-electron chi connectivity index (χ3n) is 5.87. The summed E-state index contributed by atoms with van der Waals surface area (Å²) >= 11 is 0. The molecule has 1 atom stereocenters. The highest BCUT2D eigenvalue weighted by molar-refractivity contribution is 6.06. The van der Waals surface area contributed by atoms with Crippen molar-refractivity contribution in [1.29, 1.82) is 0 Å². The summed E-state index contributed by atoms with van der Waals surface area (Å²) in [4.78, 5) is 26.5. The summed E-state index contributed by atoms with van der Waals surface area (Å²) in [6, 6.07) is 7.57. The minimum absolute atomic E-state index is 0.108. The molecule has 4 rings (SSSR count). The molecular weight excluding hydrogens is 330 g/mol. The van der Waals surface area contributed by atoms with E-state index in [0.717, 1.165) is 56.5 Å². The lowest BCUT2D eigenvalue weighted by atomic mass is 9.85. The highest BCUT2D eigenvalue weighted by Crippen LogP contribution is 2.31. The molecule has 1 aromatic heterocycles. The molecule has 6 nitrogen and oxygen atoms in total. The van der Waals surface area contributed by atoms with Crippen LogP contribution in [0.5, 0.6) is 0 Å². The molecule has 2 aliphatic rings. The Morgan fingerprint density at radius 1 is 1.12 bits per heavy atom. The number of rotatable bonds is 4. The number of benzene rings is 1. The molecule has 2 N–H and O–H groups in total. The Bertz CT molecular complexity index is 823. The zero-order valence-corrected chi connectivity index (χ0v) is 14.9. The second-order valence-corrected chi connectivity index (χ2v) is 7.39. The fourth-order valence-electron chi connectivity index (χ4n) is 4.41. The summed E-state index contributed by atoms with van der Waals surface area (Å²) in [6.07, 6.45) is 5.00. The van der Waals surface area contributed by atoms with E-state index in [9.17, 15) is 9.59 Å². The van der Waals surface area contributed by atoms with E-state index in [4.69, 9.17) is 10.5 Å². The van der Waals surface area contributed by atoms with E-state index in [1.807, 2.05) is 33.7 Å². The van der Waals surface area contributed by atoms with E-state index < -0.39 is 5.91 Å². The van der Waals surface area contributed by atoms with Crippen LogP contribution in [0.4, 0.5) is 0 Å². The van der Waals surface area contributed by atoms with Crippen molar-refractivity contribution >= 4 is 22.7 Å². The number of ether oxygens (including phenoxy) is 1. The third-order valence-corrected chi connectivity index (χ3v) is 5.87. The standard InChI is InChI=1S/C20H25N3O3/c21-20(25)17-12-23(18-4-2-1-3-16(17)18)13-19(24)22-8-5-15(11-22)14-6-9-26-10-7-14/h1-4,12,14-15H,5-11,13H2,(H2,21,25). The Labute approximate surface area is 152 Å². The van der Waals surface area contributed by atoms with Gasteiger partial charge in [-0.3, -0.25) is 9.59 Å². The normalized spacial score (nSPS) is 21.4. The molecule has 0 aliphatic carbocycles. The van der Waals surface area contributed by atoms with Crippen molar-refractivity contribution in [2.24, 2.45) is 17.6 Å². The highest BCUT2D eigenvalue weighted by atomic mass is 16.5. The summed E-state index contributed by atoms with van der Waals surface area (Å²) in [6.45, 7) is 3.60. The fraction of sp³-hybridized carbons (Fsp3) is 0.500. The average Bonchev–Trinajstić information content (AvgIpc) is 3.28. The van der Waals surface area contributed by atoms with Crippen molar-refractivity contribution in [3.63, 3.8) is 0 Å². The first kappa shape index (κ1) is 17.1. The van der Waals surface area contributed by atoms with Gasteiger partial charge < -0.3 is 19.9 Å². The van der Waals surface area contributed by atoms with Crippen LogP contribution in [-0.4, -0.2) is 47.6 Å². The zero-order chi connectivity index (χ0) is 18.1. The van der Waals surface area contributed by atoms with E-state index in [2.05, 4.69) is 0 Å². The molecule has 0 radical (unpaired) electrons. The number of nitrogens with two attached hydrogens (primary N) is 1. The van der Waals surface area contributed by atoms with Gasteiger partial charge in [0.15, 0.2) is 0 Å². The lowest BCUT2D eigenvalue weighted by Gasteiger charge is -2.27. The Morgan fingerprint density at radius 2 is 1.88 bits per heavy atom. The Morgan fingerprint density at radius 3 is 2.65 bits per heavy atom. The van der Waals surface area contributed by atoms with Crippen molar-refractivity contribution in [2.75, 3.05) is 26.3 Å². The average molecular weight is 355 g/mol. The van der Waals surface area contributed by atoms with Crippen LogP contribution < -0.4 is 5.73 Å². The van der Waals surface area contributed by atoms with Crippen LogP contribution >= 0.6 is 0 Å². The second kappa shape index (κ2) is 7.11. The molecule has 26 heavy (non-hydrogen) atoms. The first-order chi connectivity index (χ1) is 12.6. The Kier molecular flexibility index (Phi) is 4.68. The molecular formula is C20H25N3O3. The molecule has 6 heteroatoms. The molecule has 138 valence electrons. The number of para-hydroxylation sites is 1. The molecule has 2 aromatic rings. The molecule has 1 unspecified atom stereocenters. The number of hydrogen-bond acceptors (Lipinski definition) is 3. The molecule has 2 saturated heterocycles. The number of fused-ring (bicyclic) bond motifs is 1. The minimum Gasteiger partial charge on any atom is -0.381 e. The van der Waals surface area contributed by atoms with Gasteiger partial charge >= 0.3 is 0 Å². The van der Waals surface area contributed by atoms with Gasteiger partial charge in [0.05, 0.1) is 5.56 Å². The third kappa shape index (κ3) is 3.21. The lowest BCUT2D eigenvalue weighted by Crippen LogP contribution is -2.33. The molecule has 2 aliphatic heterocycles. The van der Waals surface area contributed by atoms with E-state index >= 15 is 0 Å². The number of hydrogen-bond donors (Lipinski definition) is 1. The number of amides is 2. The van der Waals surface area contributed by atoms with Crippen molar-refractivity contribution in [3.8, 4) is 0 Å². The minimum atomic E-state index is -0.465. The second-order valence-electron chi connectivity index (χ2n) is 7.39. The number of carbonyl (C=O) groups excluding carboxylic acids is 2. The van der Waals surface area contributed by atoms with Crippen molar-refractivity contribution in [2.45, 2.75) is 25.8 Å². The molecule has 0 saturated carbocycles. The summed E-state index contributed by atoms with van der Waals surface area (Å²) in [7, 11) is 0. The van der Waals surface area contributed by atoms with Crippen LogP contribution in [0.2, 0.25) is 0 Å². The van der Waals surface area contributed by atoms with Crippen LogP contribution in [-0.2, 0) is 16.1 Å². The molecule has 3 heterocycles. The van der Waals surface area contributed by atoms with Gasteiger partial charge in [-0.15, -0.1) is 0 Å². The molecule has 2 amide bonds. The van der Waals surface area contributed by atoms with Crippen LogP contribution in [0.1, 0.15) is 29.6 Å². The Hall–Kier alpha value is -2.34. The van der Waals surface area contributed by atoms with Crippen molar-refractivity contribution in [3.05, 3.63) is 36.0 Å². The number of primary amides is 1. The van der Waals surface area contributed by atoms with Crippen LogP contribution in [0.25, 0.3) is 10.9 Å². The molecule has 0 spiro atoms. The predicted octanol–water partition coefficient (Wildman–Crippen LogP) is 2.02. The largest absolute Gasteiger partial charge is 0.381 e. The van der Waals surface area contributed by atoms with Crippen LogP contribution in [0.3, 0.4) is 0 Å². The number of nitrogens with zero attached hydrogens (tertiary/aromatic N) is 2. The highest BCUT2D eigenvalue weighted by Gasteiger charge is 2.32. The lowest BCUT2D eigenvalue weighted by molar-refractivity contribution is -0.130.